The predicted octanol–water partition coefficient (Wildman–Crippen LogP) is 7.30. The van der Waals surface area contributed by atoms with Gasteiger partial charge in [-0.3, -0.25) is 0 Å². The second-order valence-corrected chi connectivity index (χ2v) is 7.26. The van der Waals surface area contributed by atoms with Gasteiger partial charge in [0.2, 0.25) is 0 Å². The van der Waals surface area contributed by atoms with Gasteiger partial charge in [-0.25, -0.2) is 4.39 Å². The highest BCUT2D eigenvalue weighted by molar-refractivity contribution is 5.66. The summed E-state index contributed by atoms with van der Waals surface area (Å²) in [6.07, 6.45) is 12.2. The molecule has 25 heavy (non-hydrogen) atoms. The van der Waals surface area contributed by atoms with Crippen molar-refractivity contribution in [1.29, 1.82) is 0 Å². The summed E-state index contributed by atoms with van der Waals surface area (Å²) in [6, 6.07) is 16.2. The van der Waals surface area contributed by atoms with E-state index < -0.39 is 0 Å². The van der Waals surface area contributed by atoms with Crippen LogP contribution in [0.15, 0.2) is 54.6 Å². The molecule has 1 atom stereocenters. The molecule has 0 N–H and O–H groups in total. The SMILES string of the molecule is CCCCCCc1ccc(C2CC=C(c3ccc(F)cc3)CC2)cc1. The Morgan fingerprint density at radius 1 is 0.920 bits per heavy atom. The van der Waals surface area contributed by atoms with Crippen molar-refractivity contribution in [2.75, 3.05) is 0 Å². The number of aryl methyl sites for hydroxylation is 1. The number of hydrogen-bond donors (Lipinski definition) is 0. The molecule has 1 aliphatic rings. The number of halogens is 1. The van der Waals surface area contributed by atoms with Gasteiger partial charge in [0.05, 0.1) is 0 Å². The number of allylic oxidation sites excluding steroid dienone is 2. The molecule has 1 aliphatic carbocycles. The maximum absolute atomic E-state index is 13.1. The highest BCUT2D eigenvalue weighted by atomic mass is 19.1. The zero-order chi connectivity index (χ0) is 17.5. The Kier molecular flexibility index (Phi) is 6.44. The molecule has 0 aromatic heterocycles. The Balaban J connectivity index is 1.56. The molecule has 1 unspecified atom stereocenters. The highest BCUT2D eigenvalue weighted by Crippen LogP contribution is 2.36. The van der Waals surface area contributed by atoms with E-state index in [0.717, 1.165) is 12.8 Å². The van der Waals surface area contributed by atoms with Crippen LogP contribution >= 0.6 is 0 Å². The molecule has 0 radical (unpaired) electrons. The summed E-state index contributed by atoms with van der Waals surface area (Å²) in [5.74, 6) is 0.464. The van der Waals surface area contributed by atoms with Crippen LogP contribution in [-0.2, 0) is 6.42 Å². The summed E-state index contributed by atoms with van der Waals surface area (Å²) < 4.78 is 13.1. The number of benzene rings is 2. The van der Waals surface area contributed by atoms with Crippen LogP contribution in [0.3, 0.4) is 0 Å². The largest absolute Gasteiger partial charge is 0.207 e. The third-order valence-electron chi connectivity index (χ3n) is 5.40. The minimum atomic E-state index is -0.159. The number of hydrogen-bond acceptors (Lipinski definition) is 0. The zero-order valence-corrected chi connectivity index (χ0v) is 15.3. The lowest BCUT2D eigenvalue weighted by atomic mass is 9.82. The molecular weight excluding hydrogens is 307 g/mol. The van der Waals surface area contributed by atoms with E-state index in [2.05, 4.69) is 37.3 Å². The maximum Gasteiger partial charge on any atom is 0.123 e. The quantitative estimate of drug-likeness (QED) is 0.465. The Morgan fingerprint density at radius 2 is 1.68 bits per heavy atom. The molecule has 0 spiro atoms. The standard InChI is InChI=1S/C24H29F/c1-2-3-4-5-6-19-7-9-20(10-8-19)21-11-13-22(14-12-21)23-15-17-24(25)18-16-23/h7-10,13,15-18,21H,2-6,11-12,14H2,1H3. The first-order chi connectivity index (χ1) is 12.3. The van der Waals surface area contributed by atoms with Crippen LogP contribution in [0.2, 0.25) is 0 Å². The molecule has 132 valence electrons. The van der Waals surface area contributed by atoms with E-state index in [1.54, 1.807) is 12.1 Å². The van der Waals surface area contributed by atoms with Crippen LogP contribution in [0.25, 0.3) is 5.57 Å². The van der Waals surface area contributed by atoms with E-state index >= 15 is 0 Å². The van der Waals surface area contributed by atoms with Crippen molar-refractivity contribution < 1.29 is 4.39 Å². The third-order valence-corrected chi connectivity index (χ3v) is 5.40. The highest BCUT2D eigenvalue weighted by Gasteiger charge is 2.17. The van der Waals surface area contributed by atoms with Crippen LogP contribution in [0.5, 0.6) is 0 Å². The Hall–Kier alpha value is -1.89. The first-order valence-electron chi connectivity index (χ1n) is 9.80. The predicted molar refractivity (Wildman–Crippen MR) is 105 cm³/mol. The smallest absolute Gasteiger partial charge is 0.123 e. The summed E-state index contributed by atoms with van der Waals surface area (Å²) in [5.41, 5.74) is 5.47. The minimum absolute atomic E-state index is 0.159. The molecule has 0 bridgehead atoms. The molecule has 2 aromatic carbocycles. The van der Waals surface area contributed by atoms with E-state index in [4.69, 9.17) is 0 Å². The molecule has 0 amide bonds. The van der Waals surface area contributed by atoms with Gasteiger partial charge >= 0.3 is 0 Å². The van der Waals surface area contributed by atoms with Gasteiger partial charge in [0.15, 0.2) is 0 Å². The normalized spacial score (nSPS) is 17.4. The van der Waals surface area contributed by atoms with Gasteiger partial charge in [-0.15, -0.1) is 0 Å². The van der Waals surface area contributed by atoms with Crippen molar-refractivity contribution >= 4 is 5.57 Å². The van der Waals surface area contributed by atoms with Crippen LogP contribution in [0.1, 0.15) is 74.5 Å². The van der Waals surface area contributed by atoms with E-state index in [1.165, 1.54) is 60.8 Å². The van der Waals surface area contributed by atoms with Gasteiger partial charge in [-0.05, 0) is 72.4 Å². The maximum atomic E-state index is 13.1. The second-order valence-electron chi connectivity index (χ2n) is 7.26. The fourth-order valence-electron chi connectivity index (χ4n) is 3.78. The molecule has 2 aromatic rings. The summed E-state index contributed by atoms with van der Waals surface area (Å²) in [5, 5.41) is 0. The Labute approximate surface area is 151 Å². The average Bonchev–Trinajstić information content (AvgIpc) is 2.67. The Morgan fingerprint density at radius 3 is 2.32 bits per heavy atom. The van der Waals surface area contributed by atoms with Crippen LogP contribution in [0.4, 0.5) is 4.39 Å². The summed E-state index contributed by atoms with van der Waals surface area (Å²) in [4.78, 5) is 0. The van der Waals surface area contributed by atoms with Crippen molar-refractivity contribution in [2.45, 2.75) is 64.2 Å². The molecule has 0 saturated carbocycles. The molecule has 0 fully saturated rings. The molecule has 0 aliphatic heterocycles. The molecule has 3 rings (SSSR count). The van der Waals surface area contributed by atoms with Gasteiger partial charge in [0.1, 0.15) is 5.82 Å². The minimum Gasteiger partial charge on any atom is -0.207 e. The molecule has 0 saturated heterocycles. The topological polar surface area (TPSA) is 0 Å². The van der Waals surface area contributed by atoms with Crippen LogP contribution in [0, 0.1) is 5.82 Å². The molecular formula is C24H29F. The summed E-state index contributed by atoms with van der Waals surface area (Å²) in [6.45, 7) is 2.26. The second kappa shape index (κ2) is 8.99. The molecule has 0 heterocycles. The van der Waals surface area contributed by atoms with Gasteiger partial charge in [0.25, 0.3) is 0 Å². The van der Waals surface area contributed by atoms with E-state index in [1.807, 2.05) is 12.1 Å². The van der Waals surface area contributed by atoms with Crippen LogP contribution < -0.4 is 0 Å². The monoisotopic (exact) mass is 336 g/mol. The van der Waals surface area contributed by atoms with Gasteiger partial charge in [-0.2, -0.15) is 0 Å². The van der Waals surface area contributed by atoms with Gasteiger partial charge < -0.3 is 0 Å². The van der Waals surface area contributed by atoms with E-state index in [9.17, 15) is 4.39 Å². The molecule has 1 heteroatoms. The van der Waals surface area contributed by atoms with Crippen molar-refractivity contribution in [3.05, 3.63) is 77.1 Å². The van der Waals surface area contributed by atoms with Crippen LogP contribution in [-0.4, -0.2) is 0 Å². The zero-order valence-electron chi connectivity index (χ0n) is 15.3. The summed E-state index contributed by atoms with van der Waals surface area (Å²) in [7, 11) is 0. The Bertz CT molecular complexity index is 679. The van der Waals surface area contributed by atoms with Gasteiger partial charge in [0, 0.05) is 0 Å². The average molecular weight is 336 g/mol. The molecule has 0 nitrogen and oxygen atoms in total. The fourth-order valence-corrected chi connectivity index (χ4v) is 3.78. The first kappa shape index (κ1) is 17.9. The van der Waals surface area contributed by atoms with Crippen molar-refractivity contribution in [3.63, 3.8) is 0 Å². The first-order valence-corrected chi connectivity index (χ1v) is 9.80. The lowest BCUT2D eigenvalue weighted by Gasteiger charge is -2.23. The van der Waals surface area contributed by atoms with E-state index in [0.29, 0.717) is 5.92 Å². The third kappa shape index (κ3) is 5.04. The fraction of sp³-hybridized carbons (Fsp3) is 0.417. The lowest BCUT2D eigenvalue weighted by molar-refractivity contribution is 0.622. The van der Waals surface area contributed by atoms with Crippen molar-refractivity contribution in [2.24, 2.45) is 0 Å². The van der Waals surface area contributed by atoms with Crippen molar-refractivity contribution in [1.82, 2.24) is 0 Å². The van der Waals surface area contributed by atoms with E-state index in [-0.39, 0.29) is 5.82 Å². The number of unbranched alkanes of at least 4 members (excludes halogenated alkanes) is 3. The van der Waals surface area contributed by atoms with Crippen molar-refractivity contribution in [3.8, 4) is 0 Å². The summed E-state index contributed by atoms with van der Waals surface area (Å²) >= 11 is 0. The lowest BCUT2D eigenvalue weighted by Crippen LogP contribution is -2.04. The number of rotatable bonds is 7. The van der Waals surface area contributed by atoms with Gasteiger partial charge in [-0.1, -0.05) is 68.7 Å².